The van der Waals surface area contributed by atoms with Crippen LogP contribution in [0.5, 0.6) is 0 Å². The molecule has 7 heteroatoms. The number of anilines is 2. The minimum absolute atomic E-state index is 0.311. The summed E-state index contributed by atoms with van der Waals surface area (Å²) >= 11 is 0. The van der Waals surface area contributed by atoms with Crippen LogP contribution >= 0.6 is 0 Å². The van der Waals surface area contributed by atoms with Crippen LogP contribution in [0.25, 0.3) is 11.3 Å². The quantitative estimate of drug-likeness (QED) is 0.709. The fourth-order valence-corrected chi connectivity index (χ4v) is 3.02. The number of benzene rings is 1. The largest absolute Gasteiger partial charge is 0.381 e. The van der Waals surface area contributed by atoms with Gasteiger partial charge in [0.25, 0.3) is 0 Å². The van der Waals surface area contributed by atoms with Gasteiger partial charge in [-0.05, 0) is 44.9 Å². The van der Waals surface area contributed by atoms with Crippen LogP contribution in [0.3, 0.4) is 0 Å². The van der Waals surface area contributed by atoms with Gasteiger partial charge in [0, 0.05) is 24.3 Å². The molecule has 3 rings (SSSR count). The molecule has 0 aliphatic carbocycles. The summed E-state index contributed by atoms with van der Waals surface area (Å²) in [5.41, 5.74) is 10.6. The highest BCUT2D eigenvalue weighted by molar-refractivity contribution is 5.65. The highest BCUT2D eigenvalue weighted by Crippen LogP contribution is 2.22. The molecule has 0 bridgehead atoms. The highest BCUT2D eigenvalue weighted by Gasteiger charge is 2.11. The minimum Gasteiger partial charge on any atom is -0.381 e. The maximum Gasteiger partial charge on any atom is 0.169 e. The molecule has 1 aromatic carbocycles. The van der Waals surface area contributed by atoms with Crippen LogP contribution in [0, 0.1) is 19.7 Å². The van der Waals surface area contributed by atoms with Gasteiger partial charge < -0.3 is 11.1 Å². The summed E-state index contributed by atoms with van der Waals surface area (Å²) in [7, 11) is 0. The number of nitrogens with two attached hydrogens (primary N) is 1. The molecule has 0 saturated heterocycles. The molecule has 3 aromatic rings. The molecular weight excluding hydrogens is 331 g/mol. The first-order chi connectivity index (χ1) is 12.5. The van der Waals surface area contributed by atoms with E-state index < -0.39 is 0 Å². The number of halogens is 1. The maximum absolute atomic E-state index is 13.4. The second-order valence-corrected chi connectivity index (χ2v) is 6.14. The Kier molecular flexibility index (Phi) is 5.16. The molecule has 0 atom stereocenters. The summed E-state index contributed by atoms with van der Waals surface area (Å²) in [6.07, 6.45) is 2.36. The number of nitrogens with zero attached hydrogens (tertiary/aromatic N) is 4. The molecule has 0 radical (unpaired) electrons. The van der Waals surface area contributed by atoms with E-state index >= 15 is 0 Å². The first kappa shape index (κ1) is 17.8. The van der Waals surface area contributed by atoms with Crippen molar-refractivity contribution in [1.29, 1.82) is 0 Å². The van der Waals surface area contributed by atoms with Crippen LogP contribution < -0.4 is 11.1 Å². The average Bonchev–Trinajstić information content (AvgIpc) is 2.90. The van der Waals surface area contributed by atoms with E-state index in [0.29, 0.717) is 29.4 Å². The molecule has 0 aliphatic rings. The van der Waals surface area contributed by atoms with Crippen molar-refractivity contribution in [3.8, 4) is 11.3 Å². The Balaban J connectivity index is 1.74. The Labute approximate surface area is 152 Å². The second-order valence-electron chi connectivity index (χ2n) is 6.14. The van der Waals surface area contributed by atoms with Crippen LogP contribution in [-0.2, 0) is 13.0 Å². The highest BCUT2D eigenvalue weighted by atomic mass is 19.1. The van der Waals surface area contributed by atoms with E-state index in [1.165, 1.54) is 23.4 Å². The minimum atomic E-state index is -0.311. The summed E-state index contributed by atoms with van der Waals surface area (Å²) in [6.45, 7) is 7.69. The van der Waals surface area contributed by atoms with Crippen molar-refractivity contribution in [1.82, 2.24) is 19.7 Å². The Morgan fingerprint density at radius 2 is 2.08 bits per heavy atom. The van der Waals surface area contributed by atoms with Crippen molar-refractivity contribution in [2.24, 2.45) is 0 Å². The van der Waals surface area contributed by atoms with Crippen LogP contribution in [0.15, 0.2) is 30.5 Å². The summed E-state index contributed by atoms with van der Waals surface area (Å²) < 4.78 is 15.4. The fourth-order valence-electron chi connectivity index (χ4n) is 3.02. The molecule has 136 valence electrons. The van der Waals surface area contributed by atoms with Gasteiger partial charge >= 0.3 is 0 Å². The molecule has 26 heavy (non-hydrogen) atoms. The third-order valence-corrected chi connectivity index (χ3v) is 4.42. The van der Waals surface area contributed by atoms with Crippen molar-refractivity contribution >= 4 is 11.6 Å². The lowest BCUT2D eigenvalue weighted by atomic mass is 10.1. The molecule has 0 amide bonds. The zero-order valence-corrected chi connectivity index (χ0v) is 15.3. The molecule has 0 fully saturated rings. The van der Waals surface area contributed by atoms with Gasteiger partial charge in [0.15, 0.2) is 11.6 Å². The van der Waals surface area contributed by atoms with Crippen LogP contribution in [0.4, 0.5) is 16.0 Å². The van der Waals surface area contributed by atoms with E-state index in [2.05, 4.69) is 34.2 Å². The smallest absolute Gasteiger partial charge is 0.169 e. The van der Waals surface area contributed by atoms with Crippen molar-refractivity contribution in [2.75, 3.05) is 17.6 Å². The van der Waals surface area contributed by atoms with Crippen molar-refractivity contribution < 1.29 is 4.39 Å². The lowest BCUT2D eigenvalue weighted by Gasteiger charge is -2.10. The molecule has 2 aromatic heterocycles. The summed E-state index contributed by atoms with van der Waals surface area (Å²) in [4.78, 5) is 8.67. The van der Waals surface area contributed by atoms with E-state index in [-0.39, 0.29) is 5.82 Å². The van der Waals surface area contributed by atoms with Gasteiger partial charge in [-0.3, -0.25) is 4.68 Å². The number of aromatic nitrogens is 4. The van der Waals surface area contributed by atoms with E-state index in [4.69, 9.17) is 5.73 Å². The zero-order chi connectivity index (χ0) is 18.7. The third kappa shape index (κ3) is 3.66. The standard InChI is InChI=1S/C19H23FN6/c1-4-26-13(3)16(12(2)25-26)8-9-22-19-18(21)23-11-17(24-19)14-6-5-7-15(20)10-14/h5-7,10-11H,4,8-9H2,1-3H3,(H2,21,23)(H,22,24). The topological polar surface area (TPSA) is 81.7 Å². The average molecular weight is 354 g/mol. The van der Waals surface area contributed by atoms with Crippen molar-refractivity contribution in [3.63, 3.8) is 0 Å². The Bertz CT molecular complexity index is 918. The van der Waals surface area contributed by atoms with E-state index in [1.807, 2.05) is 11.6 Å². The van der Waals surface area contributed by atoms with Gasteiger partial charge in [0.2, 0.25) is 0 Å². The Morgan fingerprint density at radius 3 is 2.77 bits per heavy atom. The number of nitrogens with one attached hydrogen (secondary N) is 1. The number of nitrogen functional groups attached to an aromatic ring is 1. The fraction of sp³-hybridized carbons (Fsp3) is 0.316. The van der Waals surface area contributed by atoms with Gasteiger partial charge in [-0.1, -0.05) is 12.1 Å². The molecule has 0 unspecified atom stereocenters. The van der Waals surface area contributed by atoms with Gasteiger partial charge in [0.05, 0.1) is 17.6 Å². The maximum atomic E-state index is 13.4. The molecule has 3 N–H and O–H groups in total. The predicted molar refractivity (Wildman–Crippen MR) is 101 cm³/mol. The molecule has 2 heterocycles. The predicted octanol–water partition coefficient (Wildman–Crippen LogP) is 3.35. The van der Waals surface area contributed by atoms with Crippen LogP contribution in [0.1, 0.15) is 23.9 Å². The summed E-state index contributed by atoms with van der Waals surface area (Å²) in [6, 6.07) is 6.26. The molecule has 0 spiro atoms. The number of hydrogen-bond acceptors (Lipinski definition) is 5. The summed E-state index contributed by atoms with van der Waals surface area (Å²) in [5, 5.41) is 7.77. The van der Waals surface area contributed by atoms with E-state index in [9.17, 15) is 4.39 Å². The molecule has 0 aliphatic heterocycles. The van der Waals surface area contributed by atoms with Gasteiger partial charge in [-0.2, -0.15) is 5.10 Å². The van der Waals surface area contributed by atoms with Crippen LogP contribution in [-0.4, -0.2) is 26.3 Å². The zero-order valence-electron chi connectivity index (χ0n) is 15.3. The second kappa shape index (κ2) is 7.51. The first-order valence-electron chi connectivity index (χ1n) is 8.64. The lowest BCUT2D eigenvalue weighted by Crippen LogP contribution is -2.11. The Hall–Kier alpha value is -2.96. The Morgan fingerprint density at radius 1 is 1.27 bits per heavy atom. The summed E-state index contributed by atoms with van der Waals surface area (Å²) in [5.74, 6) is 0.516. The van der Waals surface area contributed by atoms with Gasteiger partial charge in [-0.25, -0.2) is 14.4 Å². The lowest BCUT2D eigenvalue weighted by molar-refractivity contribution is 0.628. The van der Waals surface area contributed by atoms with Crippen molar-refractivity contribution in [2.45, 2.75) is 33.7 Å². The SMILES string of the molecule is CCn1nc(C)c(CCNc2nc(-c3cccc(F)c3)cnc2N)c1C. The monoisotopic (exact) mass is 354 g/mol. The molecule has 0 saturated carbocycles. The normalized spacial score (nSPS) is 10.9. The first-order valence-corrected chi connectivity index (χ1v) is 8.64. The third-order valence-electron chi connectivity index (χ3n) is 4.42. The van der Waals surface area contributed by atoms with E-state index in [1.54, 1.807) is 18.3 Å². The van der Waals surface area contributed by atoms with E-state index in [0.717, 1.165) is 18.7 Å². The van der Waals surface area contributed by atoms with Gasteiger partial charge in [-0.15, -0.1) is 0 Å². The number of rotatable bonds is 6. The molecule has 6 nitrogen and oxygen atoms in total. The van der Waals surface area contributed by atoms with Crippen LogP contribution in [0.2, 0.25) is 0 Å². The van der Waals surface area contributed by atoms with Crippen molar-refractivity contribution in [3.05, 3.63) is 53.2 Å². The van der Waals surface area contributed by atoms with Gasteiger partial charge in [0.1, 0.15) is 5.82 Å². The number of aryl methyl sites for hydroxylation is 2. The molecular formula is C19H23FN6. The number of hydrogen-bond donors (Lipinski definition) is 2.